The molecule has 8 heteroatoms. The summed E-state index contributed by atoms with van der Waals surface area (Å²) < 4.78 is 3.07. The number of benzene rings is 1. The summed E-state index contributed by atoms with van der Waals surface area (Å²) in [6.07, 6.45) is 3.44. The minimum atomic E-state index is -0.259. The van der Waals surface area contributed by atoms with E-state index in [1.807, 2.05) is 37.5 Å². The largest absolute Gasteiger partial charge is 0.333 e. The number of aryl methyl sites for hydroxylation is 1. The second kappa shape index (κ2) is 7.66. The molecule has 0 aliphatic carbocycles. The van der Waals surface area contributed by atoms with Crippen molar-refractivity contribution in [3.63, 3.8) is 0 Å². The first-order valence-corrected chi connectivity index (χ1v) is 9.70. The van der Waals surface area contributed by atoms with E-state index in [-0.39, 0.29) is 11.9 Å². The number of halogens is 1. The molecule has 1 amide bonds. The van der Waals surface area contributed by atoms with Gasteiger partial charge in [0.1, 0.15) is 11.6 Å². The quantitative estimate of drug-likeness (QED) is 0.654. The second-order valence-corrected chi connectivity index (χ2v) is 7.61. The summed E-state index contributed by atoms with van der Waals surface area (Å²) in [7, 11) is 1.81. The van der Waals surface area contributed by atoms with Crippen LogP contribution in [-0.2, 0) is 24.3 Å². The van der Waals surface area contributed by atoms with E-state index in [0.717, 1.165) is 29.1 Å². The summed E-state index contributed by atoms with van der Waals surface area (Å²) in [5, 5.41) is 10.6. The monoisotopic (exact) mass is 428 g/mol. The summed E-state index contributed by atoms with van der Waals surface area (Å²) in [5.41, 5.74) is 1.18. The summed E-state index contributed by atoms with van der Waals surface area (Å²) in [5.74, 6) is 2.45. The summed E-state index contributed by atoms with van der Waals surface area (Å²) in [4.78, 5) is 19.0. The van der Waals surface area contributed by atoms with Gasteiger partial charge in [-0.2, -0.15) is 5.10 Å². The SMILES string of the molecule is CN1C(=O)C(NCc2n[nH]c(Cc3ccccc3)n2)CCn2cc(Br)cc21. The maximum Gasteiger partial charge on any atom is 0.245 e. The van der Waals surface area contributed by atoms with Crippen molar-refractivity contribution in [1.82, 2.24) is 25.1 Å². The third kappa shape index (κ3) is 3.96. The van der Waals surface area contributed by atoms with E-state index in [1.54, 1.807) is 4.90 Å². The molecule has 2 aromatic heterocycles. The molecule has 2 N–H and O–H groups in total. The highest BCUT2D eigenvalue weighted by Crippen LogP contribution is 2.26. The number of hydrogen-bond donors (Lipinski definition) is 2. The number of H-pyrrole nitrogens is 1. The molecule has 1 aromatic carbocycles. The Morgan fingerprint density at radius 2 is 2.15 bits per heavy atom. The van der Waals surface area contributed by atoms with Crippen LogP contribution in [0.25, 0.3) is 0 Å². The third-order valence-corrected chi connectivity index (χ3v) is 5.20. The van der Waals surface area contributed by atoms with E-state index >= 15 is 0 Å². The van der Waals surface area contributed by atoms with E-state index < -0.39 is 0 Å². The lowest BCUT2D eigenvalue weighted by Gasteiger charge is -2.20. The van der Waals surface area contributed by atoms with E-state index in [2.05, 4.69) is 53.1 Å². The van der Waals surface area contributed by atoms with Crippen LogP contribution >= 0.6 is 15.9 Å². The molecule has 1 aliphatic heterocycles. The molecule has 0 bridgehead atoms. The molecule has 1 atom stereocenters. The number of carbonyl (C=O) groups is 1. The Bertz CT molecular complexity index is 935. The van der Waals surface area contributed by atoms with Gasteiger partial charge in [-0.25, -0.2) is 4.98 Å². The summed E-state index contributed by atoms with van der Waals surface area (Å²) >= 11 is 3.47. The molecule has 0 fully saturated rings. The van der Waals surface area contributed by atoms with Crippen LogP contribution in [-0.4, -0.2) is 38.7 Å². The van der Waals surface area contributed by atoms with Crippen molar-refractivity contribution in [2.75, 3.05) is 11.9 Å². The topological polar surface area (TPSA) is 78.8 Å². The van der Waals surface area contributed by atoms with Gasteiger partial charge >= 0.3 is 0 Å². The molecule has 0 spiro atoms. The molecule has 1 unspecified atom stereocenters. The minimum absolute atomic E-state index is 0.0550. The van der Waals surface area contributed by atoms with Crippen LogP contribution < -0.4 is 10.2 Å². The molecular formula is C19H21BrN6O. The van der Waals surface area contributed by atoms with Gasteiger partial charge in [-0.1, -0.05) is 30.3 Å². The zero-order chi connectivity index (χ0) is 18.8. The predicted octanol–water partition coefficient (Wildman–Crippen LogP) is 2.48. The van der Waals surface area contributed by atoms with Crippen molar-refractivity contribution < 1.29 is 4.79 Å². The van der Waals surface area contributed by atoms with E-state index in [9.17, 15) is 4.79 Å². The van der Waals surface area contributed by atoms with Gasteiger partial charge in [0.25, 0.3) is 0 Å². The Kier molecular flexibility index (Phi) is 5.09. The standard InChI is InChI=1S/C19H21BrN6O/c1-25-18-10-14(20)12-26(18)8-7-15(19(25)27)21-11-17-22-16(23-24-17)9-13-5-3-2-4-6-13/h2-6,10,12,15,21H,7-9,11H2,1H3,(H,22,23,24). The van der Waals surface area contributed by atoms with Crippen molar-refractivity contribution in [2.45, 2.75) is 32.0 Å². The van der Waals surface area contributed by atoms with Crippen molar-refractivity contribution in [3.05, 3.63) is 64.3 Å². The Hall–Kier alpha value is -2.45. The van der Waals surface area contributed by atoms with Crippen LogP contribution in [0, 0.1) is 0 Å². The Morgan fingerprint density at radius 3 is 2.96 bits per heavy atom. The number of nitrogens with one attached hydrogen (secondary N) is 2. The molecule has 0 radical (unpaired) electrons. The number of rotatable bonds is 5. The maximum absolute atomic E-state index is 12.8. The van der Waals surface area contributed by atoms with Gasteiger partial charge in [0.05, 0.1) is 12.6 Å². The first-order valence-electron chi connectivity index (χ1n) is 8.91. The Balaban J connectivity index is 1.38. The number of nitrogens with zero attached hydrogens (tertiary/aromatic N) is 4. The van der Waals surface area contributed by atoms with Crippen molar-refractivity contribution in [1.29, 1.82) is 0 Å². The summed E-state index contributed by atoms with van der Waals surface area (Å²) in [6.45, 7) is 1.23. The van der Waals surface area contributed by atoms with Gasteiger partial charge in [-0.3, -0.25) is 20.1 Å². The molecule has 140 valence electrons. The molecule has 0 saturated carbocycles. The minimum Gasteiger partial charge on any atom is -0.333 e. The number of likely N-dealkylation sites (N-methyl/N-ethyl adjacent to an activating group) is 1. The number of aromatic amines is 1. The number of carbonyl (C=O) groups excluding carboxylic acids is 1. The van der Waals surface area contributed by atoms with Crippen molar-refractivity contribution in [3.8, 4) is 0 Å². The lowest BCUT2D eigenvalue weighted by Crippen LogP contribution is -2.44. The van der Waals surface area contributed by atoms with Gasteiger partial charge in [-0.15, -0.1) is 0 Å². The molecule has 3 heterocycles. The number of aromatic nitrogens is 4. The lowest BCUT2D eigenvalue weighted by atomic mass is 10.1. The zero-order valence-electron chi connectivity index (χ0n) is 15.0. The zero-order valence-corrected chi connectivity index (χ0v) is 16.6. The molecule has 3 aromatic rings. The highest BCUT2D eigenvalue weighted by Gasteiger charge is 2.28. The van der Waals surface area contributed by atoms with Crippen LogP contribution in [0.1, 0.15) is 23.6 Å². The van der Waals surface area contributed by atoms with Gasteiger partial charge in [-0.05, 0) is 34.0 Å². The van der Waals surface area contributed by atoms with E-state index in [1.165, 1.54) is 5.56 Å². The average Bonchev–Trinajstić information content (AvgIpc) is 3.25. The number of fused-ring (bicyclic) bond motifs is 1. The van der Waals surface area contributed by atoms with Crippen molar-refractivity contribution in [2.24, 2.45) is 0 Å². The van der Waals surface area contributed by atoms with Gasteiger partial charge in [0.15, 0.2) is 5.82 Å². The smallest absolute Gasteiger partial charge is 0.245 e. The number of amides is 1. The Morgan fingerprint density at radius 1 is 1.33 bits per heavy atom. The van der Waals surface area contributed by atoms with E-state index in [0.29, 0.717) is 18.8 Å². The van der Waals surface area contributed by atoms with Gasteiger partial charge < -0.3 is 4.57 Å². The van der Waals surface area contributed by atoms with Gasteiger partial charge in [0, 0.05) is 30.7 Å². The fourth-order valence-electron chi connectivity index (χ4n) is 3.35. The van der Waals surface area contributed by atoms with Crippen LogP contribution in [0.3, 0.4) is 0 Å². The summed E-state index contributed by atoms with van der Waals surface area (Å²) in [6, 6.07) is 11.8. The first kappa shape index (κ1) is 17.9. The van der Waals surface area contributed by atoms with Crippen LogP contribution in [0.4, 0.5) is 5.82 Å². The molecule has 1 aliphatic rings. The molecule has 0 saturated heterocycles. The predicted molar refractivity (Wildman–Crippen MR) is 106 cm³/mol. The van der Waals surface area contributed by atoms with Crippen LogP contribution in [0.15, 0.2) is 47.1 Å². The Labute approximate surface area is 165 Å². The second-order valence-electron chi connectivity index (χ2n) is 6.69. The van der Waals surface area contributed by atoms with Crippen LogP contribution in [0.5, 0.6) is 0 Å². The maximum atomic E-state index is 12.8. The lowest BCUT2D eigenvalue weighted by molar-refractivity contribution is -0.120. The van der Waals surface area contributed by atoms with Crippen LogP contribution in [0.2, 0.25) is 0 Å². The van der Waals surface area contributed by atoms with Gasteiger partial charge in [0.2, 0.25) is 5.91 Å². The number of anilines is 1. The fourth-order valence-corrected chi connectivity index (χ4v) is 3.80. The van der Waals surface area contributed by atoms with Crippen molar-refractivity contribution >= 4 is 27.7 Å². The number of hydrogen-bond acceptors (Lipinski definition) is 4. The highest BCUT2D eigenvalue weighted by molar-refractivity contribution is 9.10. The fraction of sp³-hybridized carbons (Fsp3) is 0.316. The third-order valence-electron chi connectivity index (χ3n) is 4.77. The first-order chi connectivity index (χ1) is 13.1. The van der Waals surface area contributed by atoms with E-state index in [4.69, 9.17) is 0 Å². The highest BCUT2D eigenvalue weighted by atomic mass is 79.9. The molecule has 7 nitrogen and oxygen atoms in total. The normalized spacial score (nSPS) is 17.0. The molecular weight excluding hydrogens is 408 g/mol. The molecule has 27 heavy (non-hydrogen) atoms. The average molecular weight is 429 g/mol. The molecule has 4 rings (SSSR count).